The van der Waals surface area contributed by atoms with Crippen LogP contribution in [0.25, 0.3) is 0 Å². The van der Waals surface area contributed by atoms with Gasteiger partial charge in [-0.15, -0.1) is 0 Å². The predicted octanol–water partition coefficient (Wildman–Crippen LogP) is 2.60. The molecule has 8 nitrogen and oxygen atoms in total. The van der Waals surface area contributed by atoms with E-state index in [1.165, 1.54) is 45.2 Å². The first kappa shape index (κ1) is 29.1. The third-order valence-corrected chi connectivity index (χ3v) is 13.9. The van der Waals surface area contributed by atoms with Crippen LogP contribution in [0.5, 0.6) is 0 Å². The van der Waals surface area contributed by atoms with Crippen molar-refractivity contribution >= 4 is 5.78 Å². The molecule has 7 fully saturated rings. The van der Waals surface area contributed by atoms with E-state index in [-0.39, 0.29) is 17.4 Å². The van der Waals surface area contributed by atoms with E-state index in [1.807, 2.05) is 0 Å². The van der Waals surface area contributed by atoms with Gasteiger partial charge in [0.05, 0.1) is 12.7 Å². The van der Waals surface area contributed by atoms with E-state index >= 15 is 0 Å². The number of rotatable bonds is 3. The summed E-state index contributed by atoms with van der Waals surface area (Å²) in [4.78, 5) is 16.6. The Morgan fingerprint density at radius 3 is 2.46 bits per heavy atom. The Kier molecular flexibility index (Phi) is 7.66. The molecule has 17 atom stereocenters. The normalized spacial score (nSPS) is 57.2. The van der Waals surface area contributed by atoms with Crippen molar-refractivity contribution in [3.63, 3.8) is 0 Å². The molecule has 7 rings (SSSR count). The Morgan fingerprint density at radius 2 is 1.68 bits per heavy atom. The number of ether oxygens (including phenoxy) is 2. The summed E-state index contributed by atoms with van der Waals surface area (Å²) in [6, 6.07) is 0.759. The Morgan fingerprint density at radius 1 is 0.902 bits per heavy atom. The number of hydrogen-bond acceptors (Lipinski definition) is 8. The highest BCUT2D eigenvalue weighted by molar-refractivity contribution is 5.83. The van der Waals surface area contributed by atoms with Gasteiger partial charge >= 0.3 is 0 Å². The van der Waals surface area contributed by atoms with Crippen LogP contribution in [0.2, 0.25) is 0 Å². The van der Waals surface area contributed by atoms with Crippen LogP contribution in [0, 0.1) is 58.7 Å². The molecule has 3 aliphatic heterocycles. The highest BCUT2D eigenvalue weighted by Crippen LogP contribution is 2.66. The van der Waals surface area contributed by atoms with Crippen molar-refractivity contribution in [2.45, 2.75) is 121 Å². The molecule has 0 radical (unpaired) electrons. The molecule has 232 valence electrons. The Bertz CT molecular complexity index is 991. The SMILES string of the molecule is C[C@@H]1CC[C@@H]2[C@@H](C)[C@@H]3CC[C@H]4[C@@H](C[C@H]5[C@@H]4CC(=O)[C@H]4CC[C@H](O[C@@H]6O[C@@H](CO)[C@@H](O)[C@@H](O)[C@@H]6O)C[C@]45C)[C@H]3CN2C1. The first-order valence-electron chi connectivity index (χ1n) is 16.8. The van der Waals surface area contributed by atoms with Crippen LogP contribution in [-0.2, 0) is 14.3 Å². The molecule has 0 amide bonds. The molecule has 3 saturated heterocycles. The van der Waals surface area contributed by atoms with E-state index in [1.54, 1.807) is 0 Å². The molecule has 0 spiro atoms. The quantitative estimate of drug-likeness (QED) is 0.379. The minimum absolute atomic E-state index is 0.0620. The Labute approximate surface area is 245 Å². The maximum absolute atomic E-state index is 13.7. The van der Waals surface area contributed by atoms with Gasteiger partial charge in [-0.1, -0.05) is 20.8 Å². The summed E-state index contributed by atoms with van der Waals surface area (Å²) in [7, 11) is 0. The van der Waals surface area contributed by atoms with Crippen molar-refractivity contribution in [3.8, 4) is 0 Å². The number of hydrogen-bond donors (Lipinski definition) is 4. The summed E-state index contributed by atoms with van der Waals surface area (Å²) in [6.45, 7) is 9.33. The topological polar surface area (TPSA) is 120 Å². The number of Topliss-reactive ketones (excluding diaryl/α,β-unsaturated/α-hetero) is 1. The molecule has 7 aliphatic rings. The molecule has 4 N–H and O–H groups in total. The molecule has 0 unspecified atom stereocenters. The van der Waals surface area contributed by atoms with Crippen LogP contribution in [0.15, 0.2) is 0 Å². The van der Waals surface area contributed by atoms with Crippen molar-refractivity contribution in [3.05, 3.63) is 0 Å². The zero-order valence-corrected chi connectivity index (χ0v) is 25.2. The van der Waals surface area contributed by atoms with Gasteiger partial charge in [0, 0.05) is 31.5 Å². The molecule has 4 saturated carbocycles. The number of ketones is 1. The summed E-state index contributed by atoms with van der Waals surface area (Å²) >= 11 is 0. The summed E-state index contributed by atoms with van der Waals surface area (Å²) in [5.74, 6) is 5.97. The van der Waals surface area contributed by atoms with Gasteiger partial charge in [0.1, 0.15) is 30.2 Å². The van der Waals surface area contributed by atoms with Gasteiger partial charge in [0.2, 0.25) is 0 Å². The molecule has 0 aromatic rings. The number of carbonyl (C=O) groups is 1. The summed E-state index contributed by atoms with van der Waals surface area (Å²) in [5.41, 5.74) is -0.146. The van der Waals surface area contributed by atoms with E-state index in [9.17, 15) is 25.2 Å². The molecule has 8 heteroatoms. The molecular formula is C33H53NO7. The van der Waals surface area contributed by atoms with Crippen LogP contribution < -0.4 is 0 Å². The van der Waals surface area contributed by atoms with Crippen molar-refractivity contribution < 1.29 is 34.7 Å². The summed E-state index contributed by atoms with van der Waals surface area (Å²) in [5, 5.41) is 40.7. The van der Waals surface area contributed by atoms with E-state index in [4.69, 9.17) is 9.47 Å². The maximum atomic E-state index is 13.7. The van der Waals surface area contributed by atoms with Crippen LogP contribution in [0.3, 0.4) is 0 Å². The molecule has 0 aromatic heterocycles. The molecule has 3 heterocycles. The van der Waals surface area contributed by atoms with Crippen molar-refractivity contribution in [1.29, 1.82) is 0 Å². The molecule has 0 bridgehead atoms. The van der Waals surface area contributed by atoms with E-state index in [0.29, 0.717) is 35.9 Å². The average Bonchev–Trinajstić information content (AvgIpc) is 3.33. The largest absolute Gasteiger partial charge is 0.394 e. The zero-order valence-electron chi connectivity index (χ0n) is 25.2. The highest BCUT2D eigenvalue weighted by atomic mass is 16.7. The van der Waals surface area contributed by atoms with Crippen molar-refractivity contribution in [1.82, 2.24) is 4.90 Å². The van der Waals surface area contributed by atoms with Gasteiger partial charge in [0.25, 0.3) is 0 Å². The van der Waals surface area contributed by atoms with Crippen LogP contribution >= 0.6 is 0 Å². The number of nitrogens with zero attached hydrogens (tertiary/aromatic N) is 1. The Hall–Kier alpha value is -0.610. The Balaban J connectivity index is 1.10. The van der Waals surface area contributed by atoms with Crippen molar-refractivity contribution in [2.75, 3.05) is 19.7 Å². The lowest BCUT2D eigenvalue weighted by Crippen LogP contribution is -2.60. The van der Waals surface area contributed by atoms with E-state index < -0.39 is 37.3 Å². The molecular weight excluding hydrogens is 522 g/mol. The fourth-order valence-electron chi connectivity index (χ4n) is 11.9. The van der Waals surface area contributed by atoms with Gasteiger partial charge in [-0.25, -0.2) is 0 Å². The molecule has 0 aromatic carbocycles. The lowest BCUT2D eigenvalue weighted by molar-refractivity contribution is -0.316. The van der Waals surface area contributed by atoms with Crippen molar-refractivity contribution in [2.24, 2.45) is 58.7 Å². The summed E-state index contributed by atoms with van der Waals surface area (Å²) < 4.78 is 12.0. The van der Waals surface area contributed by atoms with Crippen LogP contribution in [-0.4, -0.2) is 93.7 Å². The standard InChI is InChI=1S/C33H53NO7/c1-16-4-9-26-17(2)19-6-7-20-21(23(19)14-34(26)13-16)10-25-22(20)11-27(36)24-8-5-18(12-33(24,25)3)40-32-31(39)30(38)29(37)28(15-35)41-32/h16-26,28-32,35,37-39H,4-15H2,1-3H3/t16-,17+,18+,19+,20+,21-,22-,23+,24-,25+,26-,28+,29-,30-,31+,32-,33-/m1/s1. The van der Waals surface area contributed by atoms with Gasteiger partial charge in [0.15, 0.2) is 6.29 Å². The van der Waals surface area contributed by atoms with Gasteiger partial charge < -0.3 is 29.9 Å². The first-order chi connectivity index (χ1) is 19.6. The zero-order chi connectivity index (χ0) is 28.8. The molecule has 41 heavy (non-hydrogen) atoms. The minimum Gasteiger partial charge on any atom is -0.394 e. The minimum atomic E-state index is -1.44. The number of aliphatic hydroxyl groups is 4. The smallest absolute Gasteiger partial charge is 0.186 e. The van der Waals surface area contributed by atoms with Gasteiger partial charge in [-0.3, -0.25) is 9.69 Å². The highest BCUT2D eigenvalue weighted by Gasteiger charge is 2.63. The second-order valence-electron chi connectivity index (χ2n) is 15.8. The first-order valence-corrected chi connectivity index (χ1v) is 16.8. The fraction of sp³-hybridized carbons (Fsp3) is 0.970. The summed E-state index contributed by atoms with van der Waals surface area (Å²) in [6.07, 6.45) is 3.04. The van der Waals surface area contributed by atoms with E-state index in [2.05, 4.69) is 25.7 Å². The third kappa shape index (κ3) is 4.60. The van der Waals surface area contributed by atoms with Crippen LogP contribution in [0.1, 0.15) is 78.6 Å². The predicted molar refractivity (Wildman–Crippen MR) is 151 cm³/mol. The average molecular weight is 576 g/mol. The molecule has 4 aliphatic carbocycles. The van der Waals surface area contributed by atoms with Gasteiger partial charge in [-0.2, -0.15) is 0 Å². The second kappa shape index (κ2) is 10.8. The lowest BCUT2D eigenvalue weighted by atomic mass is 9.51. The number of piperidine rings is 2. The van der Waals surface area contributed by atoms with Crippen LogP contribution in [0.4, 0.5) is 0 Å². The maximum Gasteiger partial charge on any atom is 0.186 e. The van der Waals surface area contributed by atoms with E-state index in [0.717, 1.165) is 49.0 Å². The number of fused-ring (bicyclic) bond motifs is 8. The second-order valence-corrected chi connectivity index (χ2v) is 15.8. The fourth-order valence-corrected chi connectivity index (χ4v) is 11.9. The third-order valence-electron chi connectivity index (χ3n) is 13.9. The van der Waals surface area contributed by atoms with Gasteiger partial charge in [-0.05, 0) is 104 Å². The number of carbonyl (C=O) groups excluding carboxylic acids is 1. The number of aliphatic hydroxyl groups excluding tert-OH is 4. The monoisotopic (exact) mass is 575 g/mol. The lowest BCUT2D eigenvalue weighted by Gasteiger charge is -2.56.